The molecule has 3 heteroatoms. The third kappa shape index (κ3) is 3.78. The number of hydrogen-bond donors (Lipinski definition) is 1. The molecule has 0 heterocycles. The van der Waals surface area contributed by atoms with Crippen molar-refractivity contribution in [3.05, 3.63) is 65.2 Å². The minimum atomic E-state index is -0.468. The Kier molecular flexibility index (Phi) is 5.19. The zero-order valence-corrected chi connectivity index (χ0v) is 14.4. The van der Waals surface area contributed by atoms with E-state index in [2.05, 4.69) is 23.5 Å². The van der Waals surface area contributed by atoms with E-state index in [-0.39, 0.29) is 11.9 Å². The third-order valence-corrected chi connectivity index (χ3v) is 4.67. The van der Waals surface area contributed by atoms with Crippen LogP contribution >= 0.6 is 0 Å². The Morgan fingerprint density at radius 1 is 1.12 bits per heavy atom. The molecule has 1 aliphatic rings. The summed E-state index contributed by atoms with van der Waals surface area (Å²) < 4.78 is 5.82. The minimum Gasteiger partial charge on any atom is -0.481 e. The fraction of sp³-hybridized carbons (Fsp3) is 0.381. The van der Waals surface area contributed by atoms with E-state index < -0.39 is 6.10 Å². The van der Waals surface area contributed by atoms with Crippen LogP contribution in [0.3, 0.4) is 0 Å². The predicted molar refractivity (Wildman–Crippen MR) is 96.2 cm³/mol. The zero-order chi connectivity index (χ0) is 16.9. The average molecular weight is 323 g/mol. The van der Waals surface area contributed by atoms with Crippen LogP contribution in [0.15, 0.2) is 48.5 Å². The van der Waals surface area contributed by atoms with Crippen LogP contribution in [0.2, 0.25) is 0 Å². The lowest BCUT2D eigenvalue weighted by molar-refractivity contribution is -0.128. The molecule has 2 aromatic carbocycles. The molecule has 0 radical (unpaired) electrons. The van der Waals surface area contributed by atoms with Crippen LogP contribution < -0.4 is 10.1 Å². The molecule has 0 saturated carbocycles. The summed E-state index contributed by atoms with van der Waals surface area (Å²) in [6.45, 7) is 4.00. The summed E-state index contributed by atoms with van der Waals surface area (Å²) >= 11 is 0. The molecule has 0 bridgehead atoms. The SMILES string of the molecule is CC[C@@H](Oc1ccccc1)C(=O)N[C@@H](C)c1ccc2c(c1)CCC2. The van der Waals surface area contributed by atoms with Gasteiger partial charge in [-0.15, -0.1) is 0 Å². The third-order valence-electron chi connectivity index (χ3n) is 4.67. The second kappa shape index (κ2) is 7.52. The van der Waals surface area contributed by atoms with Crippen LogP contribution in [0.4, 0.5) is 0 Å². The summed E-state index contributed by atoms with van der Waals surface area (Å²) in [6.07, 6.45) is 3.74. The minimum absolute atomic E-state index is 0.0168. The highest BCUT2D eigenvalue weighted by Crippen LogP contribution is 2.25. The normalized spacial score (nSPS) is 15.4. The van der Waals surface area contributed by atoms with Gasteiger partial charge in [-0.3, -0.25) is 4.79 Å². The van der Waals surface area contributed by atoms with Crippen LogP contribution in [-0.2, 0) is 17.6 Å². The lowest BCUT2D eigenvalue weighted by Crippen LogP contribution is -2.39. The van der Waals surface area contributed by atoms with Gasteiger partial charge in [-0.1, -0.05) is 43.3 Å². The van der Waals surface area contributed by atoms with E-state index >= 15 is 0 Å². The van der Waals surface area contributed by atoms with Gasteiger partial charge in [0.05, 0.1) is 6.04 Å². The number of nitrogens with one attached hydrogen (secondary N) is 1. The molecule has 0 fully saturated rings. The molecule has 0 unspecified atom stereocenters. The number of ether oxygens (including phenoxy) is 1. The van der Waals surface area contributed by atoms with Crippen LogP contribution in [0.25, 0.3) is 0 Å². The largest absolute Gasteiger partial charge is 0.481 e. The number of benzene rings is 2. The Morgan fingerprint density at radius 3 is 2.62 bits per heavy atom. The summed E-state index contributed by atoms with van der Waals surface area (Å²) in [5.74, 6) is 0.666. The van der Waals surface area contributed by atoms with E-state index in [0.717, 1.165) is 12.2 Å². The van der Waals surface area contributed by atoms with Gasteiger partial charge in [0, 0.05) is 0 Å². The number of aryl methyl sites for hydroxylation is 2. The molecule has 126 valence electrons. The van der Waals surface area contributed by atoms with E-state index in [1.165, 1.54) is 29.5 Å². The van der Waals surface area contributed by atoms with Crippen LogP contribution in [-0.4, -0.2) is 12.0 Å². The first-order chi connectivity index (χ1) is 11.7. The standard InChI is InChI=1S/C21H25NO2/c1-3-20(24-19-10-5-4-6-11-19)21(23)22-15(2)17-13-12-16-8-7-9-18(16)14-17/h4-6,10-15,20H,3,7-9H2,1-2H3,(H,22,23)/t15-,20+/m0/s1. The van der Waals surface area contributed by atoms with Gasteiger partial charge in [-0.25, -0.2) is 0 Å². The average Bonchev–Trinajstić information content (AvgIpc) is 3.08. The molecule has 2 atom stereocenters. The fourth-order valence-electron chi connectivity index (χ4n) is 3.24. The summed E-state index contributed by atoms with van der Waals surface area (Å²) in [4.78, 5) is 12.6. The second-order valence-corrected chi connectivity index (χ2v) is 6.44. The van der Waals surface area contributed by atoms with Gasteiger partial charge in [0.1, 0.15) is 5.75 Å². The Balaban J connectivity index is 1.64. The lowest BCUT2D eigenvalue weighted by atomic mass is 10.0. The summed E-state index contributed by atoms with van der Waals surface area (Å²) in [5.41, 5.74) is 4.05. The Hall–Kier alpha value is -2.29. The zero-order valence-electron chi connectivity index (χ0n) is 14.4. The summed E-state index contributed by atoms with van der Waals surface area (Å²) in [5, 5.41) is 3.09. The van der Waals surface area contributed by atoms with Crippen molar-refractivity contribution >= 4 is 5.91 Å². The van der Waals surface area contributed by atoms with Crippen molar-refractivity contribution < 1.29 is 9.53 Å². The molecule has 1 aliphatic carbocycles. The van der Waals surface area contributed by atoms with Gasteiger partial charge in [0.15, 0.2) is 6.10 Å². The number of rotatable bonds is 6. The maximum absolute atomic E-state index is 12.6. The molecule has 0 spiro atoms. The van der Waals surface area contributed by atoms with Crippen molar-refractivity contribution in [2.45, 2.75) is 51.7 Å². The van der Waals surface area contributed by atoms with Crippen molar-refractivity contribution in [2.24, 2.45) is 0 Å². The Labute approximate surface area is 144 Å². The number of amides is 1. The maximum atomic E-state index is 12.6. The topological polar surface area (TPSA) is 38.3 Å². The van der Waals surface area contributed by atoms with Gasteiger partial charge < -0.3 is 10.1 Å². The molecule has 1 amide bonds. The molecule has 3 nitrogen and oxygen atoms in total. The van der Waals surface area contributed by atoms with Crippen molar-refractivity contribution in [1.29, 1.82) is 0 Å². The smallest absolute Gasteiger partial charge is 0.261 e. The molecule has 0 saturated heterocycles. The van der Waals surface area contributed by atoms with E-state index in [0.29, 0.717) is 6.42 Å². The maximum Gasteiger partial charge on any atom is 0.261 e. The van der Waals surface area contributed by atoms with Crippen molar-refractivity contribution in [2.75, 3.05) is 0 Å². The quantitative estimate of drug-likeness (QED) is 0.865. The molecule has 1 N–H and O–H groups in total. The highest BCUT2D eigenvalue weighted by molar-refractivity contribution is 5.81. The first-order valence-electron chi connectivity index (χ1n) is 8.81. The highest BCUT2D eigenvalue weighted by atomic mass is 16.5. The highest BCUT2D eigenvalue weighted by Gasteiger charge is 2.21. The van der Waals surface area contributed by atoms with E-state index in [9.17, 15) is 4.79 Å². The van der Waals surface area contributed by atoms with E-state index in [1.54, 1.807) is 0 Å². The van der Waals surface area contributed by atoms with Gasteiger partial charge in [0.2, 0.25) is 0 Å². The molecule has 0 aliphatic heterocycles. The van der Waals surface area contributed by atoms with E-state index in [1.807, 2.05) is 44.2 Å². The number of hydrogen-bond acceptors (Lipinski definition) is 2. The number of fused-ring (bicyclic) bond motifs is 1. The van der Waals surface area contributed by atoms with Gasteiger partial charge in [-0.05, 0) is 61.4 Å². The monoisotopic (exact) mass is 323 g/mol. The Morgan fingerprint density at radius 2 is 1.88 bits per heavy atom. The van der Waals surface area contributed by atoms with Gasteiger partial charge >= 0.3 is 0 Å². The van der Waals surface area contributed by atoms with Crippen molar-refractivity contribution in [1.82, 2.24) is 5.32 Å². The molecule has 2 aromatic rings. The first-order valence-corrected chi connectivity index (χ1v) is 8.81. The first kappa shape index (κ1) is 16.6. The molecule has 24 heavy (non-hydrogen) atoms. The second-order valence-electron chi connectivity index (χ2n) is 6.44. The van der Waals surface area contributed by atoms with E-state index in [4.69, 9.17) is 4.74 Å². The van der Waals surface area contributed by atoms with Crippen molar-refractivity contribution in [3.63, 3.8) is 0 Å². The van der Waals surface area contributed by atoms with Gasteiger partial charge in [-0.2, -0.15) is 0 Å². The molecule has 3 rings (SSSR count). The van der Waals surface area contributed by atoms with Crippen LogP contribution in [0.5, 0.6) is 5.75 Å². The Bertz CT molecular complexity index is 696. The molecule has 0 aromatic heterocycles. The van der Waals surface area contributed by atoms with Gasteiger partial charge in [0.25, 0.3) is 5.91 Å². The molecular formula is C21H25NO2. The lowest BCUT2D eigenvalue weighted by Gasteiger charge is -2.21. The number of carbonyl (C=O) groups excluding carboxylic acids is 1. The summed E-state index contributed by atoms with van der Waals surface area (Å²) in [6, 6.07) is 16.1. The fourth-order valence-corrected chi connectivity index (χ4v) is 3.24. The molecular weight excluding hydrogens is 298 g/mol. The summed E-state index contributed by atoms with van der Waals surface area (Å²) in [7, 11) is 0. The van der Waals surface area contributed by atoms with Crippen molar-refractivity contribution in [3.8, 4) is 5.75 Å². The number of para-hydroxylation sites is 1. The van der Waals surface area contributed by atoms with Crippen LogP contribution in [0.1, 0.15) is 49.4 Å². The number of carbonyl (C=O) groups is 1. The van der Waals surface area contributed by atoms with Crippen LogP contribution in [0, 0.1) is 0 Å². The predicted octanol–water partition coefficient (Wildman–Crippen LogP) is 4.21.